The van der Waals surface area contributed by atoms with E-state index >= 15 is 0 Å². The average molecular weight is 415 g/mol. The fourth-order valence-electron chi connectivity index (χ4n) is 4.53. The van der Waals surface area contributed by atoms with Crippen LogP contribution in [0, 0.1) is 6.92 Å². The zero-order valence-electron chi connectivity index (χ0n) is 17.6. The van der Waals surface area contributed by atoms with Gasteiger partial charge in [-0.15, -0.1) is 0 Å². The van der Waals surface area contributed by atoms with E-state index in [0.717, 1.165) is 30.7 Å². The second-order valence-electron chi connectivity index (χ2n) is 8.60. The monoisotopic (exact) mass is 414 g/mol. The maximum atomic E-state index is 12.8. The van der Waals surface area contributed by atoms with Gasteiger partial charge in [0.25, 0.3) is 5.91 Å². The first-order valence-electron chi connectivity index (χ1n) is 10.8. The molecular formula is C22H30N4O4. The molecular weight excluding hydrogens is 384 g/mol. The van der Waals surface area contributed by atoms with Gasteiger partial charge in [-0.25, -0.2) is 0 Å². The van der Waals surface area contributed by atoms with Crippen molar-refractivity contribution >= 4 is 23.4 Å². The minimum atomic E-state index is -0.684. The number of fused-ring (bicyclic) bond motifs is 1. The summed E-state index contributed by atoms with van der Waals surface area (Å²) in [5, 5.41) is 9.46. The van der Waals surface area contributed by atoms with E-state index in [0.29, 0.717) is 31.5 Å². The quantitative estimate of drug-likeness (QED) is 0.694. The molecule has 0 aliphatic carbocycles. The third-order valence-electron chi connectivity index (χ3n) is 6.39. The number of carbonyl (C=O) groups excluding carboxylic acids is 3. The summed E-state index contributed by atoms with van der Waals surface area (Å²) in [4.78, 5) is 39.7. The summed E-state index contributed by atoms with van der Waals surface area (Å²) in [6.07, 6.45) is 3.30. The molecule has 2 fully saturated rings. The number of ether oxygens (including phenoxy) is 1. The smallest absolute Gasteiger partial charge is 0.255 e. The first-order valence-corrected chi connectivity index (χ1v) is 10.8. The SMILES string of the molecule is Cc1ccc2c(c1)N[C@]1(CCC(=O)N([C@H](C)C(=O)NC[C@H]3CCCO3)CC1)NC2=O. The van der Waals surface area contributed by atoms with Gasteiger partial charge in [-0.3, -0.25) is 14.4 Å². The first-order chi connectivity index (χ1) is 14.4. The van der Waals surface area contributed by atoms with Crippen molar-refractivity contribution in [3.8, 4) is 0 Å². The molecule has 8 heteroatoms. The van der Waals surface area contributed by atoms with Crippen molar-refractivity contribution in [2.45, 2.75) is 63.8 Å². The lowest BCUT2D eigenvalue weighted by molar-refractivity contribution is -0.139. The summed E-state index contributed by atoms with van der Waals surface area (Å²) >= 11 is 0. The molecule has 0 bridgehead atoms. The number of nitrogens with one attached hydrogen (secondary N) is 3. The number of rotatable bonds is 4. The molecule has 0 unspecified atom stereocenters. The molecule has 3 heterocycles. The van der Waals surface area contributed by atoms with Crippen molar-refractivity contribution in [3.63, 3.8) is 0 Å². The highest BCUT2D eigenvalue weighted by atomic mass is 16.5. The Kier molecular flexibility index (Phi) is 5.69. The van der Waals surface area contributed by atoms with E-state index in [4.69, 9.17) is 4.74 Å². The Balaban J connectivity index is 1.42. The molecule has 1 aromatic carbocycles. The zero-order valence-corrected chi connectivity index (χ0v) is 17.6. The second kappa shape index (κ2) is 8.26. The van der Waals surface area contributed by atoms with Crippen LogP contribution >= 0.6 is 0 Å². The van der Waals surface area contributed by atoms with E-state index in [2.05, 4.69) is 16.0 Å². The molecule has 8 nitrogen and oxygen atoms in total. The van der Waals surface area contributed by atoms with Gasteiger partial charge in [-0.2, -0.15) is 0 Å². The molecule has 2 saturated heterocycles. The molecule has 0 aromatic heterocycles. The van der Waals surface area contributed by atoms with Crippen molar-refractivity contribution in [3.05, 3.63) is 29.3 Å². The van der Waals surface area contributed by atoms with Crippen molar-refractivity contribution in [2.75, 3.05) is 25.0 Å². The molecule has 0 radical (unpaired) electrons. The highest BCUT2D eigenvalue weighted by Crippen LogP contribution is 2.32. The van der Waals surface area contributed by atoms with Crippen LogP contribution in [0.1, 0.15) is 54.9 Å². The van der Waals surface area contributed by atoms with Crippen LogP contribution in [0.5, 0.6) is 0 Å². The van der Waals surface area contributed by atoms with E-state index in [1.165, 1.54) is 0 Å². The molecule has 3 aliphatic heterocycles. The van der Waals surface area contributed by atoms with Gasteiger partial charge in [0.2, 0.25) is 11.8 Å². The highest BCUT2D eigenvalue weighted by molar-refractivity contribution is 6.02. The largest absolute Gasteiger partial charge is 0.376 e. The van der Waals surface area contributed by atoms with Crippen LogP contribution in [-0.2, 0) is 14.3 Å². The second-order valence-corrected chi connectivity index (χ2v) is 8.60. The van der Waals surface area contributed by atoms with Crippen molar-refractivity contribution in [2.24, 2.45) is 0 Å². The van der Waals surface area contributed by atoms with Crippen LogP contribution in [0.3, 0.4) is 0 Å². The molecule has 3 N–H and O–H groups in total. The lowest BCUT2D eigenvalue weighted by Gasteiger charge is -2.40. The summed E-state index contributed by atoms with van der Waals surface area (Å²) < 4.78 is 5.55. The van der Waals surface area contributed by atoms with Crippen LogP contribution < -0.4 is 16.0 Å². The van der Waals surface area contributed by atoms with Gasteiger partial charge in [0.15, 0.2) is 0 Å². The van der Waals surface area contributed by atoms with Crippen LogP contribution in [-0.4, -0.2) is 60.1 Å². The number of likely N-dealkylation sites (tertiary alicyclic amines) is 1. The predicted molar refractivity (Wildman–Crippen MR) is 112 cm³/mol. The summed E-state index contributed by atoms with van der Waals surface area (Å²) in [6, 6.07) is 5.12. The average Bonchev–Trinajstić information content (AvgIpc) is 3.18. The topological polar surface area (TPSA) is 99.8 Å². The number of anilines is 1. The van der Waals surface area contributed by atoms with Gasteiger partial charge in [0.05, 0.1) is 11.7 Å². The van der Waals surface area contributed by atoms with Gasteiger partial charge in [-0.05, 0) is 50.8 Å². The molecule has 30 heavy (non-hydrogen) atoms. The van der Waals surface area contributed by atoms with Crippen molar-refractivity contribution < 1.29 is 19.1 Å². The Morgan fingerprint density at radius 1 is 1.33 bits per heavy atom. The van der Waals surface area contributed by atoms with Gasteiger partial charge >= 0.3 is 0 Å². The van der Waals surface area contributed by atoms with Crippen LogP contribution in [0.4, 0.5) is 5.69 Å². The Morgan fingerprint density at radius 2 is 2.17 bits per heavy atom. The molecule has 3 amide bonds. The van der Waals surface area contributed by atoms with Crippen LogP contribution in [0.25, 0.3) is 0 Å². The number of benzene rings is 1. The summed E-state index contributed by atoms with van der Waals surface area (Å²) in [5.74, 6) is -0.374. The van der Waals surface area contributed by atoms with Crippen molar-refractivity contribution in [1.29, 1.82) is 0 Å². The number of carbonyl (C=O) groups is 3. The molecule has 3 aliphatic rings. The van der Waals surface area contributed by atoms with Gasteiger partial charge < -0.3 is 25.6 Å². The number of hydrogen-bond acceptors (Lipinski definition) is 5. The van der Waals surface area contributed by atoms with Gasteiger partial charge in [-0.1, -0.05) is 6.07 Å². The maximum Gasteiger partial charge on any atom is 0.255 e. The molecule has 162 valence electrons. The zero-order chi connectivity index (χ0) is 21.3. The number of hydrogen-bond donors (Lipinski definition) is 3. The van der Waals surface area contributed by atoms with Gasteiger partial charge in [0, 0.05) is 38.2 Å². The predicted octanol–water partition coefficient (Wildman–Crippen LogP) is 1.54. The van der Waals surface area contributed by atoms with E-state index in [1.54, 1.807) is 11.8 Å². The van der Waals surface area contributed by atoms with E-state index < -0.39 is 11.7 Å². The fourth-order valence-corrected chi connectivity index (χ4v) is 4.53. The Labute approximate surface area is 176 Å². The van der Waals surface area contributed by atoms with E-state index in [9.17, 15) is 14.4 Å². The third-order valence-corrected chi connectivity index (χ3v) is 6.39. The highest BCUT2D eigenvalue weighted by Gasteiger charge is 2.41. The van der Waals surface area contributed by atoms with Crippen molar-refractivity contribution in [1.82, 2.24) is 15.5 Å². The minimum Gasteiger partial charge on any atom is -0.376 e. The molecule has 4 rings (SSSR count). The minimum absolute atomic E-state index is 0.0643. The molecule has 1 spiro atoms. The summed E-state index contributed by atoms with van der Waals surface area (Å²) in [6.45, 7) is 5.34. The Hall–Kier alpha value is -2.61. The molecule has 1 aromatic rings. The number of aryl methyl sites for hydroxylation is 1. The van der Waals surface area contributed by atoms with Gasteiger partial charge in [0.1, 0.15) is 11.7 Å². The third kappa shape index (κ3) is 4.14. The standard InChI is InChI=1S/C22H30N4O4/c1-14-5-6-17-18(12-14)24-22(25-21(17)29)8-7-19(27)26(10-9-22)15(2)20(28)23-13-16-4-3-11-30-16/h5-6,12,15-16,24H,3-4,7-11,13H2,1-2H3,(H,23,28)(H,25,29)/t15-,16-,22-/m1/s1. The summed E-state index contributed by atoms with van der Waals surface area (Å²) in [5.41, 5.74) is 1.78. The normalized spacial score (nSPS) is 27.1. The number of amides is 3. The summed E-state index contributed by atoms with van der Waals surface area (Å²) in [7, 11) is 0. The molecule has 0 saturated carbocycles. The maximum absolute atomic E-state index is 12.8. The Morgan fingerprint density at radius 3 is 2.93 bits per heavy atom. The molecule has 3 atom stereocenters. The van der Waals surface area contributed by atoms with Crippen LogP contribution in [0.15, 0.2) is 18.2 Å². The van der Waals surface area contributed by atoms with Crippen LogP contribution in [0.2, 0.25) is 0 Å². The van der Waals surface area contributed by atoms with E-state index in [-0.39, 0.29) is 30.2 Å². The lowest BCUT2D eigenvalue weighted by Crippen LogP contribution is -2.58. The Bertz CT molecular complexity index is 852. The number of nitrogens with zero attached hydrogens (tertiary/aromatic N) is 1. The first kappa shape index (κ1) is 20.7. The fraction of sp³-hybridized carbons (Fsp3) is 0.591. The lowest BCUT2D eigenvalue weighted by atomic mass is 9.94. The van der Waals surface area contributed by atoms with E-state index in [1.807, 2.05) is 25.1 Å².